The number of carbonyl (C=O) groups is 5. The third-order valence-electron chi connectivity index (χ3n) is 5.75. The summed E-state index contributed by atoms with van der Waals surface area (Å²) in [7, 11) is 0. The van der Waals surface area contributed by atoms with Gasteiger partial charge in [-0.05, 0) is 44.4 Å². The van der Waals surface area contributed by atoms with Gasteiger partial charge in [0.15, 0.2) is 0 Å². The molecule has 4 amide bonds. The molecular formula is C24H35N7O6. The van der Waals surface area contributed by atoms with Crippen LogP contribution in [0.4, 0.5) is 0 Å². The molecule has 37 heavy (non-hydrogen) atoms. The van der Waals surface area contributed by atoms with Crippen LogP contribution in [0.1, 0.15) is 38.2 Å². The summed E-state index contributed by atoms with van der Waals surface area (Å²) in [4.78, 5) is 64.7. The number of aromatic nitrogens is 1. The largest absolute Gasteiger partial charge is 0.480 e. The minimum Gasteiger partial charge on any atom is -0.480 e. The lowest BCUT2D eigenvalue weighted by Crippen LogP contribution is -2.57. The molecule has 0 aliphatic rings. The first kappa shape index (κ1) is 29.3. The number of fused-ring (bicyclic) bond motifs is 1. The molecule has 0 saturated carbocycles. The van der Waals surface area contributed by atoms with Crippen LogP contribution in [-0.2, 0) is 30.4 Å². The number of primary amides is 1. The Labute approximate surface area is 213 Å². The van der Waals surface area contributed by atoms with E-state index in [1.807, 2.05) is 18.2 Å². The smallest absolute Gasteiger partial charge is 0.326 e. The van der Waals surface area contributed by atoms with E-state index in [0.717, 1.165) is 10.9 Å². The van der Waals surface area contributed by atoms with E-state index in [1.165, 1.54) is 6.92 Å². The number of hydrogen-bond donors (Lipinski definition) is 8. The van der Waals surface area contributed by atoms with Crippen LogP contribution in [0.3, 0.4) is 0 Å². The number of nitrogens with two attached hydrogens (primary N) is 3. The van der Waals surface area contributed by atoms with E-state index in [9.17, 15) is 29.1 Å². The number of amides is 4. The first-order valence-electron chi connectivity index (χ1n) is 12.0. The van der Waals surface area contributed by atoms with Crippen LogP contribution in [-0.4, -0.2) is 70.4 Å². The number of H-pyrrole nitrogens is 1. The van der Waals surface area contributed by atoms with Crippen molar-refractivity contribution in [2.24, 2.45) is 17.2 Å². The number of hydrogen-bond acceptors (Lipinski definition) is 7. The van der Waals surface area contributed by atoms with Crippen LogP contribution in [0.15, 0.2) is 30.5 Å². The van der Waals surface area contributed by atoms with Gasteiger partial charge in [0.25, 0.3) is 0 Å². The highest BCUT2D eigenvalue weighted by molar-refractivity contribution is 5.96. The molecule has 4 atom stereocenters. The SMILES string of the molecule is CC(N)C(=O)NC(CCCCN)C(=O)NC(CC(N)=O)C(=O)NC(Cc1c[nH]c2ccccc12)C(=O)O. The van der Waals surface area contributed by atoms with Crippen molar-refractivity contribution in [3.05, 3.63) is 36.0 Å². The number of carbonyl (C=O) groups excluding carboxylic acids is 4. The van der Waals surface area contributed by atoms with Crippen LogP contribution in [0.25, 0.3) is 10.9 Å². The van der Waals surface area contributed by atoms with E-state index in [2.05, 4.69) is 20.9 Å². The van der Waals surface area contributed by atoms with Gasteiger partial charge in [-0.3, -0.25) is 19.2 Å². The molecular weight excluding hydrogens is 482 g/mol. The normalized spacial score (nSPS) is 14.2. The molecule has 0 aliphatic carbocycles. The fraction of sp³-hybridized carbons (Fsp3) is 0.458. The van der Waals surface area contributed by atoms with Gasteiger partial charge in [-0.1, -0.05) is 18.2 Å². The zero-order chi connectivity index (χ0) is 27.5. The van der Waals surface area contributed by atoms with Gasteiger partial charge in [0, 0.05) is 23.5 Å². The zero-order valence-electron chi connectivity index (χ0n) is 20.7. The third kappa shape index (κ3) is 8.88. The minimum atomic E-state index is -1.46. The lowest BCUT2D eigenvalue weighted by molar-refractivity contribution is -0.142. The highest BCUT2D eigenvalue weighted by Gasteiger charge is 2.31. The third-order valence-corrected chi connectivity index (χ3v) is 5.75. The molecule has 0 radical (unpaired) electrons. The van der Waals surface area contributed by atoms with Crippen LogP contribution >= 0.6 is 0 Å². The second-order valence-electron chi connectivity index (χ2n) is 8.83. The van der Waals surface area contributed by atoms with Crippen molar-refractivity contribution in [2.45, 2.75) is 63.2 Å². The van der Waals surface area contributed by atoms with E-state index in [0.29, 0.717) is 24.9 Å². The maximum absolute atomic E-state index is 13.0. The molecule has 0 saturated heterocycles. The van der Waals surface area contributed by atoms with E-state index in [1.54, 1.807) is 12.3 Å². The number of rotatable bonds is 15. The molecule has 1 aromatic carbocycles. The number of unbranched alkanes of at least 4 members (excludes halogenated alkanes) is 1. The van der Waals surface area contributed by atoms with Gasteiger partial charge in [-0.25, -0.2) is 4.79 Å². The van der Waals surface area contributed by atoms with Gasteiger partial charge in [0.1, 0.15) is 18.1 Å². The molecule has 202 valence electrons. The van der Waals surface area contributed by atoms with Gasteiger partial charge < -0.3 is 43.2 Å². The number of nitrogens with one attached hydrogen (secondary N) is 4. The number of aromatic amines is 1. The molecule has 4 unspecified atom stereocenters. The van der Waals surface area contributed by atoms with Crippen LogP contribution in [0.2, 0.25) is 0 Å². The molecule has 0 fully saturated rings. The van der Waals surface area contributed by atoms with E-state index in [4.69, 9.17) is 17.2 Å². The summed E-state index contributed by atoms with van der Waals surface area (Å²) in [6, 6.07) is 2.55. The fourth-order valence-corrected chi connectivity index (χ4v) is 3.74. The first-order valence-corrected chi connectivity index (χ1v) is 12.0. The van der Waals surface area contributed by atoms with Crippen molar-refractivity contribution in [1.29, 1.82) is 0 Å². The monoisotopic (exact) mass is 517 g/mol. The Bertz CT molecular complexity index is 1120. The van der Waals surface area contributed by atoms with Crippen molar-refractivity contribution in [2.75, 3.05) is 6.54 Å². The topological polar surface area (TPSA) is 236 Å². The summed E-state index contributed by atoms with van der Waals surface area (Å²) in [5, 5.41) is 17.8. The molecule has 2 rings (SSSR count). The van der Waals surface area contributed by atoms with Gasteiger partial charge in [-0.15, -0.1) is 0 Å². The summed E-state index contributed by atoms with van der Waals surface area (Å²) in [6.07, 6.45) is 2.35. The summed E-state index contributed by atoms with van der Waals surface area (Å²) < 4.78 is 0. The molecule has 1 aromatic heterocycles. The summed E-state index contributed by atoms with van der Waals surface area (Å²) in [6.45, 7) is 1.84. The summed E-state index contributed by atoms with van der Waals surface area (Å²) >= 11 is 0. The average Bonchev–Trinajstić information content (AvgIpc) is 3.24. The van der Waals surface area contributed by atoms with Gasteiger partial charge >= 0.3 is 5.97 Å². The first-order chi connectivity index (χ1) is 17.5. The number of para-hydroxylation sites is 1. The standard InChI is InChI=1S/C24H35N7O6/c1-13(26)21(33)29-17(8-4-5-9-25)22(34)30-18(11-20(27)32)23(35)31-19(24(36)37)10-14-12-28-16-7-3-2-6-15(14)16/h2-3,6-7,12-13,17-19,28H,4-5,8-11,25-26H2,1H3,(H2,27,32)(H,29,33)(H,30,34)(H,31,35)(H,36,37). The molecule has 0 aliphatic heterocycles. The quantitative estimate of drug-likeness (QED) is 0.130. The summed E-state index contributed by atoms with van der Waals surface area (Å²) in [5.41, 5.74) is 17.8. The van der Waals surface area contributed by atoms with Crippen LogP contribution in [0.5, 0.6) is 0 Å². The van der Waals surface area contributed by atoms with Gasteiger partial charge in [0.2, 0.25) is 23.6 Å². The molecule has 13 nitrogen and oxygen atoms in total. The van der Waals surface area contributed by atoms with Crippen molar-refractivity contribution in [3.63, 3.8) is 0 Å². The Morgan fingerprint density at radius 1 is 0.946 bits per heavy atom. The molecule has 11 N–H and O–H groups in total. The second kappa shape index (κ2) is 13.9. The minimum absolute atomic E-state index is 0.0471. The Hall–Kier alpha value is -3.97. The van der Waals surface area contributed by atoms with Crippen molar-refractivity contribution in [3.8, 4) is 0 Å². The van der Waals surface area contributed by atoms with E-state index >= 15 is 0 Å². The second-order valence-corrected chi connectivity index (χ2v) is 8.83. The highest BCUT2D eigenvalue weighted by Crippen LogP contribution is 2.19. The maximum Gasteiger partial charge on any atom is 0.326 e. The Morgan fingerprint density at radius 3 is 2.19 bits per heavy atom. The number of carboxylic acid groups (broad SMARTS) is 1. The number of aliphatic carboxylic acids is 1. The van der Waals surface area contributed by atoms with Crippen LogP contribution < -0.4 is 33.2 Å². The van der Waals surface area contributed by atoms with E-state index < -0.39 is 60.2 Å². The Balaban J connectivity index is 2.17. The zero-order valence-corrected chi connectivity index (χ0v) is 20.7. The van der Waals surface area contributed by atoms with Gasteiger partial charge in [0.05, 0.1) is 12.5 Å². The molecule has 1 heterocycles. The van der Waals surface area contributed by atoms with Crippen molar-refractivity contribution >= 4 is 40.5 Å². The molecule has 0 spiro atoms. The fourth-order valence-electron chi connectivity index (χ4n) is 3.74. The van der Waals surface area contributed by atoms with E-state index in [-0.39, 0.29) is 12.8 Å². The summed E-state index contributed by atoms with van der Waals surface area (Å²) in [5.74, 6) is -4.40. The predicted octanol–water partition coefficient (Wildman–Crippen LogP) is -1.40. The Kier molecular flexibility index (Phi) is 11.0. The van der Waals surface area contributed by atoms with Crippen LogP contribution in [0, 0.1) is 0 Å². The lowest BCUT2D eigenvalue weighted by atomic mass is 10.0. The van der Waals surface area contributed by atoms with Gasteiger partial charge in [-0.2, -0.15) is 0 Å². The average molecular weight is 518 g/mol. The maximum atomic E-state index is 13.0. The lowest BCUT2D eigenvalue weighted by Gasteiger charge is -2.24. The molecule has 2 aromatic rings. The Morgan fingerprint density at radius 2 is 1.57 bits per heavy atom. The number of carboxylic acids is 1. The van der Waals surface area contributed by atoms with Crippen molar-refractivity contribution in [1.82, 2.24) is 20.9 Å². The molecule has 0 bridgehead atoms. The van der Waals surface area contributed by atoms with Crippen molar-refractivity contribution < 1.29 is 29.1 Å². The predicted molar refractivity (Wildman–Crippen MR) is 136 cm³/mol. The number of benzene rings is 1. The highest BCUT2D eigenvalue weighted by atomic mass is 16.4. The molecule has 13 heteroatoms.